The molecule has 1 N–H and O–H groups in total. The van der Waals surface area contributed by atoms with Gasteiger partial charge in [-0.2, -0.15) is 0 Å². The average molecular weight is 310 g/mol. The Balaban J connectivity index is 2.25. The summed E-state index contributed by atoms with van der Waals surface area (Å²) in [7, 11) is -0.282. The van der Waals surface area contributed by atoms with E-state index in [4.69, 9.17) is 0 Å². The second-order valence-corrected chi connectivity index (χ2v) is 8.66. The second kappa shape index (κ2) is 6.36. The standard InChI is InChI=1S/C16H26N2O2S/c1-12-9-13(2)11-14(10-12)17-15-7-5-6-8-16(15)21(19,20)18(3)4/h5-8,12-14,17H,9-11H2,1-4H3. The summed E-state index contributed by atoms with van der Waals surface area (Å²) in [6.45, 7) is 4.54. The largest absolute Gasteiger partial charge is 0.381 e. The summed E-state index contributed by atoms with van der Waals surface area (Å²) < 4.78 is 26.1. The Morgan fingerprint density at radius 3 is 2.19 bits per heavy atom. The lowest BCUT2D eigenvalue weighted by Gasteiger charge is -2.33. The maximum Gasteiger partial charge on any atom is 0.244 e. The van der Waals surface area contributed by atoms with Crippen molar-refractivity contribution in [2.24, 2.45) is 11.8 Å². The van der Waals surface area contributed by atoms with E-state index in [0.717, 1.165) is 18.5 Å². The van der Waals surface area contributed by atoms with Gasteiger partial charge in [0.2, 0.25) is 10.0 Å². The number of para-hydroxylation sites is 1. The molecule has 1 aromatic carbocycles. The van der Waals surface area contributed by atoms with Gasteiger partial charge in [-0.05, 0) is 43.2 Å². The van der Waals surface area contributed by atoms with Crippen molar-refractivity contribution in [3.8, 4) is 0 Å². The smallest absolute Gasteiger partial charge is 0.244 e. The molecule has 1 saturated carbocycles. The Hall–Kier alpha value is -1.07. The SMILES string of the molecule is CC1CC(C)CC(Nc2ccccc2S(=O)(=O)N(C)C)C1. The maximum atomic E-state index is 12.4. The molecule has 0 heterocycles. The van der Waals surface area contributed by atoms with E-state index in [1.54, 1.807) is 26.2 Å². The van der Waals surface area contributed by atoms with E-state index in [1.807, 2.05) is 12.1 Å². The van der Waals surface area contributed by atoms with E-state index >= 15 is 0 Å². The topological polar surface area (TPSA) is 49.4 Å². The molecule has 0 radical (unpaired) electrons. The number of hydrogen-bond donors (Lipinski definition) is 1. The first-order valence-electron chi connectivity index (χ1n) is 7.58. The molecule has 1 aliphatic rings. The summed E-state index contributed by atoms with van der Waals surface area (Å²) in [5.74, 6) is 1.37. The van der Waals surface area contributed by atoms with Crippen LogP contribution in [0.3, 0.4) is 0 Å². The first-order chi connectivity index (χ1) is 9.80. The number of sulfonamides is 1. The van der Waals surface area contributed by atoms with Gasteiger partial charge < -0.3 is 5.32 Å². The zero-order valence-corrected chi connectivity index (χ0v) is 14.2. The van der Waals surface area contributed by atoms with Crippen LogP contribution in [0.4, 0.5) is 5.69 Å². The molecule has 118 valence electrons. The third kappa shape index (κ3) is 3.77. The molecule has 1 aliphatic carbocycles. The third-order valence-corrected chi connectivity index (χ3v) is 6.06. The van der Waals surface area contributed by atoms with Crippen LogP contribution < -0.4 is 5.32 Å². The van der Waals surface area contributed by atoms with Crippen molar-refractivity contribution in [3.63, 3.8) is 0 Å². The summed E-state index contributed by atoms with van der Waals surface area (Å²) in [6.07, 6.45) is 3.46. The molecule has 4 nitrogen and oxygen atoms in total. The van der Waals surface area contributed by atoms with Crippen molar-refractivity contribution in [1.29, 1.82) is 0 Å². The van der Waals surface area contributed by atoms with Crippen LogP contribution in [0, 0.1) is 11.8 Å². The second-order valence-electron chi connectivity index (χ2n) is 6.54. The van der Waals surface area contributed by atoms with Crippen molar-refractivity contribution in [3.05, 3.63) is 24.3 Å². The minimum Gasteiger partial charge on any atom is -0.381 e. The van der Waals surface area contributed by atoms with Gasteiger partial charge in [-0.25, -0.2) is 12.7 Å². The van der Waals surface area contributed by atoms with Crippen LogP contribution >= 0.6 is 0 Å². The fraction of sp³-hybridized carbons (Fsp3) is 0.625. The Labute approximate surface area is 128 Å². The predicted molar refractivity (Wildman–Crippen MR) is 86.9 cm³/mol. The van der Waals surface area contributed by atoms with Gasteiger partial charge in [0, 0.05) is 20.1 Å². The van der Waals surface area contributed by atoms with Gasteiger partial charge in [-0.3, -0.25) is 0 Å². The highest BCUT2D eigenvalue weighted by Crippen LogP contribution is 2.32. The lowest BCUT2D eigenvalue weighted by Crippen LogP contribution is -2.31. The molecule has 0 spiro atoms. The molecule has 0 aromatic heterocycles. The van der Waals surface area contributed by atoms with E-state index in [-0.39, 0.29) is 0 Å². The summed E-state index contributed by atoms with van der Waals surface area (Å²) in [4.78, 5) is 0.362. The number of rotatable bonds is 4. The first-order valence-corrected chi connectivity index (χ1v) is 9.02. The molecule has 5 heteroatoms. The molecule has 0 amide bonds. The molecule has 2 atom stereocenters. The lowest BCUT2D eigenvalue weighted by molar-refractivity contribution is 0.280. The van der Waals surface area contributed by atoms with Gasteiger partial charge in [-0.1, -0.05) is 26.0 Å². The summed E-state index contributed by atoms with van der Waals surface area (Å²) in [5.41, 5.74) is 0.720. The number of hydrogen-bond acceptors (Lipinski definition) is 3. The van der Waals surface area contributed by atoms with Crippen LogP contribution in [0.15, 0.2) is 29.2 Å². The fourth-order valence-corrected chi connectivity index (χ4v) is 4.34. The number of nitrogens with one attached hydrogen (secondary N) is 1. The van der Waals surface area contributed by atoms with Gasteiger partial charge in [0.15, 0.2) is 0 Å². The molecule has 0 saturated heterocycles. The zero-order chi connectivity index (χ0) is 15.6. The van der Waals surface area contributed by atoms with Crippen LogP contribution in [0.5, 0.6) is 0 Å². The zero-order valence-electron chi connectivity index (χ0n) is 13.3. The molecule has 0 bridgehead atoms. The quantitative estimate of drug-likeness (QED) is 0.929. The van der Waals surface area contributed by atoms with Crippen molar-refractivity contribution < 1.29 is 8.42 Å². The predicted octanol–water partition coefficient (Wildman–Crippen LogP) is 3.17. The monoisotopic (exact) mass is 310 g/mol. The minimum absolute atomic E-state index is 0.349. The molecule has 2 rings (SSSR count). The van der Waals surface area contributed by atoms with Crippen molar-refractivity contribution in [2.45, 2.75) is 44.0 Å². The lowest BCUT2D eigenvalue weighted by atomic mass is 9.80. The van der Waals surface area contributed by atoms with E-state index in [1.165, 1.54) is 10.7 Å². The average Bonchev–Trinajstić information content (AvgIpc) is 2.37. The van der Waals surface area contributed by atoms with E-state index in [2.05, 4.69) is 19.2 Å². The van der Waals surface area contributed by atoms with Crippen molar-refractivity contribution >= 4 is 15.7 Å². The summed E-state index contributed by atoms with van der Waals surface area (Å²) >= 11 is 0. The highest BCUT2D eigenvalue weighted by atomic mass is 32.2. The molecule has 1 aromatic rings. The highest BCUT2D eigenvalue weighted by molar-refractivity contribution is 7.89. The maximum absolute atomic E-state index is 12.4. The Morgan fingerprint density at radius 1 is 1.05 bits per heavy atom. The third-order valence-electron chi connectivity index (χ3n) is 4.18. The highest BCUT2D eigenvalue weighted by Gasteiger charge is 2.26. The molecule has 0 aliphatic heterocycles. The van der Waals surface area contributed by atoms with E-state index < -0.39 is 10.0 Å². The normalized spacial score (nSPS) is 26.8. The van der Waals surface area contributed by atoms with Gasteiger partial charge >= 0.3 is 0 Å². The fourth-order valence-electron chi connectivity index (χ4n) is 3.29. The van der Waals surface area contributed by atoms with Gasteiger partial charge in [0.1, 0.15) is 4.90 Å². The molecular weight excluding hydrogens is 284 g/mol. The number of anilines is 1. The van der Waals surface area contributed by atoms with E-state index in [0.29, 0.717) is 22.8 Å². The molecule has 1 fully saturated rings. The number of benzene rings is 1. The van der Waals surface area contributed by atoms with Crippen LogP contribution in [0.2, 0.25) is 0 Å². The van der Waals surface area contributed by atoms with Crippen molar-refractivity contribution in [1.82, 2.24) is 4.31 Å². The summed E-state index contributed by atoms with van der Waals surface area (Å²) in [6, 6.07) is 7.54. The first kappa shape index (κ1) is 16.3. The van der Waals surface area contributed by atoms with E-state index in [9.17, 15) is 8.42 Å². The van der Waals surface area contributed by atoms with Gasteiger partial charge in [0.05, 0.1) is 5.69 Å². The van der Waals surface area contributed by atoms with Crippen LogP contribution in [-0.2, 0) is 10.0 Å². The van der Waals surface area contributed by atoms with Crippen LogP contribution in [-0.4, -0.2) is 32.9 Å². The number of nitrogens with zero attached hydrogens (tertiary/aromatic N) is 1. The molecule has 2 unspecified atom stereocenters. The Bertz CT molecular complexity index is 574. The van der Waals surface area contributed by atoms with Gasteiger partial charge in [-0.15, -0.1) is 0 Å². The molecular formula is C16H26N2O2S. The van der Waals surface area contributed by atoms with Gasteiger partial charge in [0.25, 0.3) is 0 Å². The Kier molecular flexibility index (Phi) is 4.94. The van der Waals surface area contributed by atoms with Crippen LogP contribution in [0.25, 0.3) is 0 Å². The minimum atomic E-state index is -3.41. The summed E-state index contributed by atoms with van der Waals surface area (Å²) in [5, 5.41) is 3.47. The van der Waals surface area contributed by atoms with Crippen molar-refractivity contribution in [2.75, 3.05) is 19.4 Å². The Morgan fingerprint density at radius 2 is 1.62 bits per heavy atom. The van der Waals surface area contributed by atoms with Crippen LogP contribution in [0.1, 0.15) is 33.1 Å². The molecule has 21 heavy (non-hydrogen) atoms.